The molecule has 0 spiro atoms. The van der Waals surface area contributed by atoms with Gasteiger partial charge >= 0.3 is 0 Å². The summed E-state index contributed by atoms with van der Waals surface area (Å²) in [7, 11) is 0. The van der Waals surface area contributed by atoms with E-state index in [-0.39, 0.29) is 5.91 Å². The molecule has 2 heterocycles. The fraction of sp³-hybridized carbons (Fsp3) is 0.258. The molecule has 1 fully saturated rings. The third-order valence-corrected chi connectivity index (χ3v) is 7.17. The number of benzene rings is 3. The second-order valence-corrected chi connectivity index (χ2v) is 9.89. The first-order valence-electron chi connectivity index (χ1n) is 12.8. The van der Waals surface area contributed by atoms with Crippen molar-refractivity contribution in [2.45, 2.75) is 26.2 Å². The predicted molar refractivity (Wildman–Crippen MR) is 150 cm³/mol. The fourth-order valence-corrected chi connectivity index (χ4v) is 4.93. The summed E-state index contributed by atoms with van der Waals surface area (Å²) >= 11 is 6.11. The molecule has 4 aromatic rings. The molecule has 188 valence electrons. The minimum atomic E-state index is 0.216. The lowest BCUT2D eigenvalue weighted by Gasteiger charge is -2.36. The number of anilines is 1. The number of hydrogen-bond donors (Lipinski definition) is 0. The monoisotopic (exact) mass is 510 g/mol. The van der Waals surface area contributed by atoms with E-state index in [4.69, 9.17) is 21.6 Å². The third-order valence-electron chi connectivity index (χ3n) is 6.92. The quantitative estimate of drug-likeness (QED) is 0.307. The second-order valence-electron chi connectivity index (χ2n) is 9.46. The molecule has 5 nitrogen and oxygen atoms in total. The van der Waals surface area contributed by atoms with Crippen LogP contribution >= 0.6 is 11.6 Å². The Morgan fingerprint density at radius 1 is 0.811 bits per heavy atom. The van der Waals surface area contributed by atoms with E-state index in [1.54, 1.807) is 0 Å². The number of carbonyl (C=O) groups excluding carboxylic acids is 1. The van der Waals surface area contributed by atoms with Gasteiger partial charge in [0.2, 0.25) is 5.91 Å². The number of piperazine rings is 1. The summed E-state index contributed by atoms with van der Waals surface area (Å²) in [6, 6.07) is 28.3. The van der Waals surface area contributed by atoms with Crippen LogP contribution in [0.1, 0.15) is 28.8 Å². The number of nitrogens with zero attached hydrogens (tertiary/aromatic N) is 4. The Kier molecular flexibility index (Phi) is 7.81. The maximum atomic E-state index is 12.9. The normalized spacial score (nSPS) is 13.6. The highest BCUT2D eigenvalue weighted by atomic mass is 35.5. The van der Waals surface area contributed by atoms with Gasteiger partial charge in [0.05, 0.1) is 0 Å². The molecule has 0 N–H and O–H groups in total. The summed E-state index contributed by atoms with van der Waals surface area (Å²) in [6.07, 6.45) is 2.08. The highest BCUT2D eigenvalue weighted by Gasteiger charge is 2.25. The Balaban J connectivity index is 1.35. The summed E-state index contributed by atoms with van der Waals surface area (Å²) in [5.74, 6) is 1.87. The topological polar surface area (TPSA) is 49.3 Å². The Labute approximate surface area is 223 Å². The maximum Gasteiger partial charge on any atom is 0.223 e. The molecule has 0 aliphatic carbocycles. The summed E-state index contributed by atoms with van der Waals surface area (Å²) in [5, 5.41) is 0.689. The van der Waals surface area contributed by atoms with Crippen molar-refractivity contribution in [2.75, 3.05) is 31.1 Å². The zero-order valence-electron chi connectivity index (χ0n) is 21.1. The molecule has 0 radical (unpaired) electrons. The zero-order valence-corrected chi connectivity index (χ0v) is 21.9. The molecule has 0 saturated carbocycles. The minimum absolute atomic E-state index is 0.216. The highest BCUT2D eigenvalue weighted by Crippen LogP contribution is 2.29. The number of amides is 1. The van der Waals surface area contributed by atoms with Crippen molar-refractivity contribution in [3.8, 4) is 11.4 Å². The van der Waals surface area contributed by atoms with Crippen LogP contribution in [0.5, 0.6) is 0 Å². The Hall–Kier alpha value is -3.70. The average Bonchev–Trinajstić information content (AvgIpc) is 2.94. The van der Waals surface area contributed by atoms with Gasteiger partial charge in [-0.1, -0.05) is 72.3 Å². The van der Waals surface area contributed by atoms with Gasteiger partial charge in [-0.3, -0.25) is 4.79 Å². The van der Waals surface area contributed by atoms with Crippen LogP contribution in [0.3, 0.4) is 0 Å². The number of rotatable bonds is 7. The van der Waals surface area contributed by atoms with Gasteiger partial charge in [0, 0.05) is 60.9 Å². The van der Waals surface area contributed by atoms with E-state index < -0.39 is 0 Å². The van der Waals surface area contributed by atoms with E-state index in [0.717, 1.165) is 48.6 Å². The van der Waals surface area contributed by atoms with Gasteiger partial charge in [-0.25, -0.2) is 9.97 Å². The molecular weight excluding hydrogens is 480 g/mol. The zero-order chi connectivity index (χ0) is 25.6. The lowest BCUT2D eigenvalue weighted by atomic mass is 10.0. The number of carbonyl (C=O) groups is 1. The van der Waals surface area contributed by atoms with E-state index in [2.05, 4.69) is 48.2 Å². The summed E-state index contributed by atoms with van der Waals surface area (Å²) < 4.78 is 0. The van der Waals surface area contributed by atoms with Crippen LogP contribution in [-0.2, 0) is 17.6 Å². The molecule has 0 unspecified atom stereocenters. The summed E-state index contributed by atoms with van der Waals surface area (Å²) in [6.45, 7) is 4.94. The first kappa shape index (κ1) is 25.0. The Bertz CT molecular complexity index is 1340. The molecule has 1 aliphatic rings. The van der Waals surface area contributed by atoms with E-state index in [1.165, 1.54) is 11.1 Å². The predicted octanol–water partition coefficient (Wildman–Crippen LogP) is 5.98. The van der Waals surface area contributed by atoms with E-state index in [1.807, 2.05) is 53.4 Å². The molecule has 5 rings (SSSR count). The molecular formula is C31H31ClN4O. The second kappa shape index (κ2) is 11.6. The van der Waals surface area contributed by atoms with Gasteiger partial charge in [0.15, 0.2) is 5.82 Å². The van der Waals surface area contributed by atoms with E-state index in [9.17, 15) is 4.79 Å². The van der Waals surface area contributed by atoms with Gasteiger partial charge in [0.25, 0.3) is 0 Å². The first-order chi connectivity index (χ1) is 18.1. The van der Waals surface area contributed by atoms with Gasteiger partial charge in [-0.15, -0.1) is 0 Å². The molecule has 0 atom stereocenters. The first-order valence-corrected chi connectivity index (χ1v) is 13.2. The molecule has 1 aliphatic heterocycles. The fourth-order valence-electron chi connectivity index (χ4n) is 4.80. The summed E-state index contributed by atoms with van der Waals surface area (Å²) in [4.78, 5) is 27.2. The maximum absolute atomic E-state index is 12.9. The van der Waals surface area contributed by atoms with Gasteiger partial charge < -0.3 is 9.80 Å². The van der Waals surface area contributed by atoms with Crippen molar-refractivity contribution in [3.63, 3.8) is 0 Å². The van der Waals surface area contributed by atoms with Crippen LogP contribution in [0.15, 0.2) is 84.9 Å². The number of aryl methyl sites for hydroxylation is 2. The van der Waals surface area contributed by atoms with Crippen molar-refractivity contribution >= 4 is 23.3 Å². The van der Waals surface area contributed by atoms with E-state index in [0.29, 0.717) is 30.4 Å². The third kappa shape index (κ3) is 6.17. The van der Waals surface area contributed by atoms with Crippen LogP contribution in [0.2, 0.25) is 5.02 Å². The largest absolute Gasteiger partial charge is 0.353 e. The molecule has 1 saturated heterocycles. The molecule has 37 heavy (non-hydrogen) atoms. The highest BCUT2D eigenvalue weighted by molar-refractivity contribution is 6.30. The number of halogens is 1. The lowest BCUT2D eigenvalue weighted by Crippen LogP contribution is -2.49. The smallest absolute Gasteiger partial charge is 0.223 e. The molecule has 0 bridgehead atoms. The minimum Gasteiger partial charge on any atom is -0.353 e. The van der Waals surface area contributed by atoms with Gasteiger partial charge in [0.1, 0.15) is 5.82 Å². The average molecular weight is 511 g/mol. The van der Waals surface area contributed by atoms with Crippen LogP contribution in [-0.4, -0.2) is 47.0 Å². The molecule has 6 heteroatoms. The lowest BCUT2D eigenvalue weighted by molar-refractivity contribution is -0.131. The van der Waals surface area contributed by atoms with Gasteiger partial charge in [-0.2, -0.15) is 0 Å². The van der Waals surface area contributed by atoms with Crippen LogP contribution in [0.25, 0.3) is 11.4 Å². The molecule has 1 amide bonds. The van der Waals surface area contributed by atoms with Crippen molar-refractivity contribution in [1.29, 1.82) is 0 Å². The number of aromatic nitrogens is 2. The van der Waals surface area contributed by atoms with Crippen LogP contribution < -0.4 is 4.90 Å². The standard InChI is InChI=1S/C31H31ClN4O/c1-23-28(22-25-10-6-3-7-11-25)31(34-30(33-23)26-13-15-27(32)16-14-26)36-20-18-35(19-21-36)29(37)17-12-24-8-4-2-5-9-24/h2-11,13-16H,12,17-22H2,1H3. The van der Waals surface area contributed by atoms with Crippen molar-refractivity contribution in [1.82, 2.24) is 14.9 Å². The Morgan fingerprint density at radius 3 is 2.08 bits per heavy atom. The SMILES string of the molecule is Cc1nc(-c2ccc(Cl)cc2)nc(N2CCN(C(=O)CCc3ccccc3)CC2)c1Cc1ccccc1. The van der Waals surface area contributed by atoms with Crippen molar-refractivity contribution in [3.05, 3.63) is 112 Å². The number of hydrogen-bond acceptors (Lipinski definition) is 4. The Morgan fingerprint density at radius 2 is 1.43 bits per heavy atom. The molecule has 1 aromatic heterocycles. The van der Waals surface area contributed by atoms with E-state index >= 15 is 0 Å². The van der Waals surface area contributed by atoms with Gasteiger partial charge in [-0.05, 0) is 48.7 Å². The molecule has 3 aromatic carbocycles. The van der Waals surface area contributed by atoms with Crippen molar-refractivity contribution in [2.24, 2.45) is 0 Å². The summed E-state index contributed by atoms with van der Waals surface area (Å²) in [5.41, 5.74) is 5.47. The van der Waals surface area contributed by atoms with Crippen molar-refractivity contribution < 1.29 is 4.79 Å². The van der Waals surface area contributed by atoms with Crippen LogP contribution in [0.4, 0.5) is 5.82 Å². The van der Waals surface area contributed by atoms with Crippen LogP contribution in [0, 0.1) is 6.92 Å².